The summed E-state index contributed by atoms with van der Waals surface area (Å²) in [5.74, 6) is 0.634. The van der Waals surface area contributed by atoms with Gasteiger partial charge in [-0.2, -0.15) is 0 Å². The largest absolute Gasteiger partial charge is 0.377 e. The molecule has 1 atom stereocenters. The molecule has 84 valence electrons. The highest BCUT2D eigenvalue weighted by Gasteiger charge is 2.29. The van der Waals surface area contributed by atoms with Crippen molar-refractivity contribution in [2.75, 3.05) is 0 Å². The standard InChI is InChI=1S/C12H13BrN2O/c1-12(16,11-14-7-8-15(11)2)9-3-5-10(13)6-4-9/h3-8,16H,1-2H3. The summed E-state index contributed by atoms with van der Waals surface area (Å²) < 4.78 is 2.81. The molecule has 0 bridgehead atoms. The summed E-state index contributed by atoms with van der Waals surface area (Å²) in [4.78, 5) is 4.19. The van der Waals surface area contributed by atoms with Gasteiger partial charge in [-0.05, 0) is 24.6 Å². The molecular formula is C12H13BrN2O. The predicted molar refractivity (Wildman–Crippen MR) is 66.0 cm³/mol. The summed E-state index contributed by atoms with van der Waals surface area (Å²) in [5, 5.41) is 10.5. The lowest BCUT2D eigenvalue weighted by Gasteiger charge is -2.23. The van der Waals surface area contributed by atoms with Crippen molar-refractivity contribution in [1.29, 1.82) is 0 Å². The second-order valence-corrected chi connectivity index (χ2v) is 4.86. The highest BCUT2D eigenvalue weighted by Crippen LogP contribution is 2.28. The minimum atomic E-state index is -1.07. The van der Waals surface area contributed by atoms with Gasteiger partial charge in [0.2, 0.25) is 0 Å². The fourth-order valence-electron chi connectivity index (χ4n) is 1.74. The minimum absolute atomic E-state index is 0.634. The van der Waals surface area contributed by atoms with Crippen molar-refractivity contribution >= 4 is 15.9 Å². The van der Waals surface area contributed by atoms with Gasteiger partial charge in [0.25, 0.3) is 0 Å². The lowest BCUT2D eigenvalue weighted by atomic mass is 9.95. The van der Waals surface area contributed by atoms with E-state index in [4.69, 9.17) is 0 Å². The number of imidazole rings is 1. The van der Waals surface area contributed by atoms with Gasteiger partial charge < -0.3 is 9.67 Å². The number of hydrogen-bond acceptors (Lipinski definition) is 2. The van der Waals surface area contributed by atoms with E-state index in [1.165, 1.54) is 0 Å². The zero-order chi connectivity index (χ0) is 11.8. The summed E-state index contributed by atoms with van der Waals surface area (Å²) >= 11 is 3.37. The van der Waals surface area contributed by atoms with Gasteiger partial charge in [-0.15, -0.1) is 0 Å². The van der Waals surface area contributed by atoms with Gasteiger partial charge in [-0.1, -0.05) is 28.1 Å². The second-order valence-electron chi connectivity index (χ2n) is 3.94. The molecule has 3 nitrogen and oxygen atoms in total. The quantitative estimate of drug-likeness (QED) is 0.918. The van der Waals surface area contributed by atoms with Gasteiger partial charge in [-0.25, -0.2) is 4.98 Å². The molecule has 2 rings (SSSR count). The maximum absolute atomic E-state index is 10.5. The van der Waals surface area contributed by atoms with E-state index >= 15 is 0 Å². The van der Waals surface area contributed by atoms with Crippen molar-refractivity contribution < 1.29 is 5.11 Å². The number of aliphatic hydroxyl groups is 1. The summed E-state index contributed by atoms with van der Waals surface area (Å²) in [7, 11) is 1.87. The van der Waals surface area contributed by atoms with Gasteiger partial charge in [0.05, 0.1) is 0 Å². The molecule has 1 unspecified atom stereocenters. The summed E-state index contributed by atoms with van der Waals surface area (Å²) in [6.07, 6.45) is 3.51. The summed E-state index contributed by atoms with van der Waals surface area (Å²) in [5.41, 5.74) is -0.246. The van der Waals surface area contributed by atoms with Gasteiger partial charge in [0.15, 0.2) is 0 Å². The van der Waals surface area contributed by atoms with Gasteiger partial charge in [0.1, 0.15) is 11.4 Å². The van der Waals surface area contributed by atoms with E-state index in [1.807, 2.05) is 42.1 Å². The van der Waals surface area contributed by atoms with Crippen LogP contribution in [0.2, 0.25) is 0 Å². The first-order valence-electron chi connectivity index (χ1n) is 4.98. The number of benzene rings is 1. The molecule has 0 fully saturated rings. The molecular weight excluding hydrogens is 268 g/mol. The smallest absolute Gasteiger partial charge is 0.144 e. The van der Waals surface area contributed by atoms with E-state index in [0.717, 1.165) is 10.0 Å². The van der Waals surface area contributed by atoms with Gasteiger partial charge >= 0.3 is 0 Å². The van der Waals surface area contributed by atoms with Crippen LogP contribution in [0.1, 0.15) is 18.3 Å². The molecule has 0 aliphatic rings. The molecule has 0 spiro atoms. The van der Waals surface area contributed by atoms with Crippen molar-refractivity contribution in [3.05, 3.63) is 52.5 Å². The molecule has 4 heteroatoms. The van der Waals surface area contributed by atoms with Crippen molar-refractivity contribution in [3.63, 3.8) is 0 Å². The molecule has 0 saturated carbocycles. The Bertz CT molecular complexity index is 488. The zero-order valence-electron chi connectivity index (χ0n) is 9.18. The number of hydrogen-bond donors (Lipinski definition) is 1. The van der Waals surface area contributed by atoms with Crippen LogP contribution in [-0.4, -0.2) is 14.7 Å². The average molecular weight is 281 g/mol. The van der Waals surface area contributed by atoms with Crippen molar-refractivity contribution in [2.45, 2.75) is 12.5 Å². The van der Waals surface area contributed by atoms with Gasteiger partial charge in [0, 0.05) is 23.9 Å². The van der Waals surface area contributed by atoms with Crippen molar-refractivity contribution in [2.24, 2.45) is 7.05 Å². The normalized spacial score (nSPS) is 14.8. The first-order valence-corrected chi connectivity index (χ1v) is 5.77. The van der Waals surface area contributed by atoms with E-state index in [9.17, 15) is 5.11 Å². The fourth-order valence-corrected chi connectivity index (χ4v) is 2.00. The van der Waals surface area contributed by atoms with E-state index in [-0.39, 0.29) is 0 Å². The zero-order valence-corrected chi connectivity index (χ0v) is 10.8. The molecule has 1 N–H and O–H groups in total. The Morgan fingerprint density at radius 3 is 2.44 bits per heavy atom. The number of nitrogens with zero attached hydrogens (tertiary/aromatic N) is 2. The fraction of sp³-hybridized carbons (Fsp3) is 0.250. The minimum Gasteiger partial charge on any atom is -0.377 e. The Hall–Kier alpha value is -1.13. The third-order valence-corrected chi connectivity index (χ3v) is 3.19. The van der Waals surface area contributed by atoms with E-state index in [0.29, 0.717) is 5.82 Å². The highest BCUT2D eigenvalue weighted by atomic mass is 79.9. The van der Waals surface area contributed by atoms with Crippen molar-refractivity contribution in [1.82, 2.24) is 9.55 Å². The molecule has 0 aliphatic heterocycles. The molecule has 2 aromatic rings. The lowest BCUT2D eigenvalue weighted by Crippen LogP contribution is -2.26. The Morgan fingerprint density at radius 2 is 1.94 bits per heavy atom. The van der Waals surface area contributed by atoms with Crippen LogP contribution in [0.5, 0.6) is 0 Å². The molecule has 1 aromatic heterocycles. The topological polar surface area (TPSA) is 38.0 Å². The molecule has 0 aliphatic carbocycles. The van der Waals surface area contributed by atoms with E-state index in [2.05, 4.69) is 20.9 Å². The number of aryl methyl sites for hydroxylation is 1. The van der Waals surface area contributed by atoms with Crippen LogP contribution >= 0.6 is 15.9 Å². The molecule has 0 saturated heterocycles. The second kappa shape index (κ2) is 4.03. The Labute approximate surface area is 103 Å². The average Bonchev–Trinajstić information content (AvgIpc) is 2.66. The van der Waals surface area contributed by atoms with Crippen LogP contribution < -0.4 is 0 Å². The number of aromatic nitrogens is 2. The van der Waals surface area contributed by atoms with Crippen LogP contribution in [-0.2, 0) is 12.6 Å². The first kappa shape index (κ1) is 11.4. The van der Waals surface area contributed by atoms with Crippen LogP contribution in [0, 0.1) is 0 Å². The molecule has 1 heterocycles. The van der Waals surface area contributed by atoms with Crippen LogP contribution in [0.25, 0.3) is 0 Å². The molecule has 16 heavy (non-hydrogen) atoms. The number of halogens is 1. The number of rotatable bonds is 2. The third kappa shape index (κ3) is 1.90. The Kier molecular flexibility index (Phi) is 2.86. The van der Waals surface area contributed by atoms with Crippen molar-refractivity contribution in [3.8, 4) is 0 Å². The molecule has 1 aromatic carbocycles. The third-order valence-electron chi connectivity index (χ3n) is 2.66. The lowest BCUT2D eigenvalue weighted by molar-refractivity contribution is 0.0892. The van der Waals surface area contributed by atoms with E-state index in [1.54, 1.807) is 13.1 Å². The maximum Gasteiger partial charge on any atom is 0.144 e. The highest BCUT2D eigenvalue weighted by molar-refractivity contribution is 9.10. The SMILES string of the molecule is Cn1ccnc1C(C)(O)c1ccc(Br)cc1. The first-order chi connectivity index (χ1) is 7.51. The van der Waals surface area contributed by atoms with Crippen LogP contribution in [0.15, 0.2) is 41.1 Å². The predicted octanol–water partition coefficient (Wildman–Crippen LogP) is 2.44. The van der Waals surface area contributed by atoms with Gasteiger partial charge in [-0.3, -0.25) is 0 Å². The molecule has 0 radical (unpaired) electrons. The Balaban J connectivity index is 2.46. The van der Waals surface area contributed by atoms with Crippen LogP contribution in [0.4, 0.5) is 0 Å². The monoisotopic (exact) mass is 280 g/mol. The Morgan fingerprint density at radius 1 is 1.31 bits per heavy atom. The maximum atomic E-state index is 10.5. The van der Waals surface area contributed by atoms with E-state index < -0.39 is 5.60 Å². The van der Waals surface area contributed by atoms with Crippen LogP contribution in [0.3, 0.4) is 0 Å². The molecule has 0 amide bonds. The summed E-state index contributed by atoms with van der Waals surface area (Å²) in [6.45, 7) is 1.75. The summed E-state index contributed by atoms with van der Waals surface area (Å²) in [6, 6.07) is 7.59.